The maximum atomic E-state index is 5.75. The van der Waals surface area contributed by atoms with Gasteiger partial charge in [0.1, 0.15) is 0 Å². The van der Waals surface area contributed by atoms with Crippen LogP contribution in [0.1, 0.15) is 44.9 Å². The molecule has 3 nitrogen and oxygen atoms in total. The number of unbranched alkanes of at least 4 members (excludes halogenated alkanes) is 1. The van der Waals surface area contributed by atoms with Gasteiger partial charge in [-0.2, -0.15) is 0 Å². The van der Waals surface area contributed by atoms with Crippen molar-refractivity contribution in [1.82, 2.24) is 5.32 Å². The predicted molar refractivity (Wildman–Crippen MR) is 71.4 cm³/mol. The normalized spacial score (nSPS) is 17.5. The molecule has 0 aromatic rings. The molecule has 1 saturated carbocycles. The Hall–Kier alpha value is -0.120. The maximum absolute atomic E-state index is 5.75. The van der Waals surface area contributed by atoms with Crippen LogP contribution in [0.3, 0.4) is 0 Å². The van der Waals surface area contributed by atoms with Crippen molar-refractivity contribution in [2.45, 2.75) is 44.9 Å². The zero-order valence-corrected chi connectivity index (χ0v) is 11.4. The van der Waals surface area contributed by atoms with E-state index >= 15 is 0 Å². The van der Waals surface area contributed by atoms with Gasteiger partial charge in [-0.3, -0.25) is 0 Å². The molecule has 1 aliphatic carbocycles. The first-order valence-corrected chi connectivity index (χ1v) is 7.21. The average Bonchev–Trinajstić information content (AvgIpc) is 2.38. The van der Waals surface area contributed by atoms with E-state index < -0.39 is 0 Å². The van der Waals surface area contributed by atoms with Crippen LogP contribution in [0.5, 0.6) is 0 Å². The minimum atomic E-state index is 0.804. The highest BCUT2D eigenvalue weighted by molar-refractivity contribution is 4.64. The molecule has 17 heavy (non-hydrogen) atoms. The van der Waals surface area contributed by atoms with Crippen LogP contribution in [-0.2, 0) is 9.47 Å². The number of ether oxygens (including phenoxy) is 2. The summed E-state index contributed by atoms with van der Waals surface area (Å²) in [6.07, 6.45) is 9.41. The molecular weight excluding hydrogens is 214 g/mol. The molecule has 1 rings (SSSR count). The van der Waals surface area contributed by atoms with Gasteiger partial charge in [-0.05, 0) is 38.1 Å². The first kappa shape index (κ1) is 14.9. The number of rotatable bonds is 10. The second kappa shape index (κ2) is 11.0. The molecule has 0 heterocycles. The van der Waals surface area contributed by atoms with Gasteiger partial charge in [-0.15, -0.1) is 0 Å². The lowest BCUT2D eigenvalue weighted by Gasteiger charge is -2.21. The Morgan fingerprint density at radius 2 is 1.82 bits per heavy atom. The number of hydrogen-bond acceptors (Lipinski definition) is 3. The Bertz CT molecular complexity index is 158. The number of methoxy groups -OCH3 is 1. The highest BCUT2D eigenvalue weighted by Gasteiger charge is 2.12. The van der Waals surface area contributed by atoms with Crippen LogP contribution in [-0.4, -0.2) is 40.0 Å². The molecule has 0 aliphatic heterocycles. The van der Waals surface area contributed by atoms with E-state index in [1.54, 1.807) is 7.11 Å². The SMILES string of the molecule is COCCNCCCCOCC1CCCCC1. The van der Waals surface area contributed by atoms with E-state index in [0.717, 1.165) is 38.8 Å². The van der Waals surface area contributed by atoms with Crippen molar-refractivity contribution >= 4 is 0 Å². The van der Waals surface area contributed by atoms with Gasteiger partial charge < -0.3 is 14.8 Å². The minimum absolute atomic E-state index is 0.804. The lowest BCUT2D eigenvalue weighted by Crippen LogP contribution is -2.20. The third-order valence-electron chi connectivity index (χ3n) is 3.45. The van der Waals surface area contributed by atoms with E-state index in [0.29, 0.717) is 0 Å². The molecule has 0 saturated heterocycles. The summed E-state index contributed by atoms with van der Waals surface area (Å²) in [7, 11) is 1.74. The summed E-state index contributed by atoms with van der Waals surface area (Å²) in [6, 6.07) is 0. The molecule has 0 amide bonds. The molecule has 0 unspecified atom stereocenters. The van der Waals surface area contributed by atoms with Gasteiger partial charge in [-0.25, -0.2) is 0 Å². The molecule has 0 bridgehead atoms. The van der Waals surface area contributed by atoms with E-state index in [1.807, 2.05) is 0 Å². The van der Waals surface area contributed by atoms with Crippen LogP contribution in [0.4, 0.5) is 0 Å². The zero-order valence-electron chi connectivity index (χ0n) is 11.4. The number of nitrogens with one attached hydrogen (secondary N) is 1. The Kier molecular flexibility index (Phi) is 9.66. The summed E-state index contributed by atoms with van der Waals surface area (Å²) in [5.41, 5.74) is 0. The number of hydrogen-bond donors (Lipinski definition) is 1. The van der Waals surface area contributed by atoms with Crippen molar-refractivity contribution < 1.29 is 9.47 Å². The Balaban J connectivity index is 1.75. The van der Waals surface area contributed by atoms with E-state index in [1.165, 1.54) is 44.9 Å². The third kappa shape index (κ3) is 8.58. The fourth-order valence-corrected chi connectivity index (χ4v) is 2.36. The van der Waals surface area contributed by atoms with Crippen LogP contribution in [0.25, 0.3) is 0 Å². The smallest absolute Gasteiger partial charge is 0.0587 e. The average molecular weight is 243 g/mol. The summed E-state index contributed by atoms with van der Waals surface area (Å²) in [4.78, 5) is 0. The fourth-order valence-electron chi connectivity index (χ4n) is 2.36. The maximum Gasteiger partial charge on any atom is 0.0587 e. The zero-order chi connectivity index (χ0) is 12.2. The van der Waals surface area contributed by atoms with E-state index in [9.17, 15) is 0 Å². The Morgan fingerprint density at radius 1 is 1.00 bits per heavy atom. The van der Waals surface area contributed by atoms with Gasteiger partial charge in [-0.1, -0.05) is 19.3 Å². The molecule has 3 heteroatoms. The highest BCUT2D eigenvalue weighted by Crippen LogP contribution is 2.23. The molecule has 0 aromatic heterocycles. The topological polar surface area (TPSA) is 30.5 Å². The second-order valence-corrected chi connectivity index (χ2v) is 5.03. The third-order valence-corrected chi connectivity index (χ3v) is 3.45. The predicted octanol–water partition coefficient (Wildman–Crippen LogP) is 2.60. The van der Waals surface area contributed by atoms with Gasteiger partial charge >= 0.3 is 0 Å². The fraction of sp³-hybridized carbons (Fsp3) is 1.00. The summed E-state index contributed by atoms with van der Waals surface area (Å²) < 4.78 is 10.7. The van der Waals surface area contributed by atoms with Gasteiger partial charge in [0.2, 0.25) is 0 Å². The molecule has 102 valence electrons. The second-order valence-electron chi connectivity index (χ2n) is 5.03. The molecule has 1 N–H and O–H groups in total. The molecule has 0 radical (unpaired) electrons. The first-order chi connectivity index (χ1) is 8.43. The lowest BCUT2D eigenvalue weighted by molar-refractivity contribution is 0.0827. The van der Waals surface area contributed by atoms with E-state index in [2.05, 4.69) is 5.32 Å². The first-order valence-electron chi connectivity index (χ1n) is 7.21. The quantitative estimate of drug-likeness (QED) is 0.598. The largest absolute Gasteiger partial charge is 0.383 e. The summed E-state index contributed by atoms with van der Waals surface area (Å²) in [5, 5.41) is 3.35. The van der Waals surface area contributed by atoms with Crippen molar-refractivity contribution in [2.75, 3.05) is 40.0 Å². The molecule has 0 atom stereocenters. The summed E-state index contributed by atoms with van der Waals surface area (Å²) in [5.74, 6) is 0.851. The van der Waals surface area contributed by atoms with Gasteiger partial charge in [0.05, 0.1) is 6.61 Å². The van der Waals surface area contributed by atoms with Crippen molar-refractivity contribution in [2.24, 2.45) is 5.92 Å². The summed E-state index contributed by atoms with van der Waals surface area (Å²) in [6.45, 7) is 4.77. The Morgan fingerprint density at radius 3 is 2.59 bits per heavy atom. The molecular formula is C14H29NO2. The Labute approximate surface area is 106 Å². The van der Waals surface area contributed by atoms with Crippen molar-refractivity contribution in [3.8, 4) is 0 Å². The van der Waals surface area contributed by atoms with Crippen LogP contribution < -0.4 is 5.32 Å². The van der Waals surface area contributed by atoms with Crippen molar-refractivity contribution in [3.63, 3.8) is 0 Å². The molecule has 0 spiro atoms. The molecule has 0 aromatic carbocycles. The van der Waals surface area contributed by atoms with Crippen LogP contribution in [0.2, 0.25) is 0 Å². The van der Waals surface area contributed by atoms with Crippen molar-refractivity contribution in [1.29, 1.82) is 0 Å². The van der Waals surface area contributed by atoms with Crippen LogP contribution >= 0.6 is 0 Å². The van der Waals surface area contributed by atoms with Gasteiger partial charge in [0, 0.05) is 26.9 Å². The monoisotopic (exact) mass is 243 g/mol. The van der Waals surface area contributed by atoms with Crippen molar-refractivity contribution in [3.05, 3.63) is 0 Å². The lowest BCUT2D eigenvalue weighted by atomic mass is 9.90. The molecule has 1 aliphatic rings. The van der Waals surface area contributed by atoms with Crippen LogP contribution in [0.15, 0.2) is 0 Å². The van der Waals surface area contributed by atoms with E-state index in [4.69, 9.17) is 9.47 Å². The minimum Gasteiger partial charge on any atom is -0.383 e. The van der Waals surface area contributed by atoms with E-state index in [-0.39, 0.29) is 0 Å². The highest BCUT2D eigenvalue weighted by atomic mass is 16.5. The van der Waals surface area contributed by atoms with Gasteiger partial charge in [0.25, 0.3) is 0 Å². The molecule has 1 fully saturated rings. The summed E-state index contributed by atoms with van der Waals surface area (Å²) >= 11 is 0. The standard InChI is InChI=1S/C14H29NO2/c1-16-12-10-15-9-5-6-11-17-13-14-7-3-2-4-8-14/h14-15H,2-13H2,1H3. The van der Waals surface area contributed by atoms with Gasteiger partial charge in [0.15, 0.2) is 0 Å². The van der Waals surface area contributed by atoms with Crippen LogP contribution in [0, 0.1) is 5.92 Å².